The molecule has 0 aromatic heterocycles. The summed E-state index contributed by atoms with van der Waals surface area (Å²) in [5.74, 6) is -1.21. The molecule has 0 aliphatic rings. The van der Waals surface area contributed by atoms with E-state index in [1.807, 2.05) is 0 Å². The van der Waals surface area contributed by atoms with Crippen LogP contribution < -0.4 is 5.73 Å². The fourth-order valence-electron chi connectivity index (χ4n) is 1.09. The number of hydrogen-bond acceptors (Lipinski definition) is 3. The van der Waals surface area contributed by atoms with E-state index in [0.29, 0.717) is 5.56 Å². The number of rotatable bonds is 3. The summed E-state index contributed by atoms with van der Waals surface area (Å²) >= 11 is 0. The van der Waals surface area contributed by atoms with Crippen LogP contribution in [0, 0.1) is 0 Å². The summed E-state index contributed by atoms with van der Waals surface area (Å²) in [6, 6.07) is 3.55. The number of phenolic OH excluding ortho intramolecular Hbond substituents is 1. The average molecular weight is 193 g/mol. The van der Waals surface area contributed by atoms with Gasteiger partial charge in [-0.15, -0.1) is 6.58 Å². The molecule has 0 heterocycles. The lowest BCUT2D eigenvalue weighted by Gasteiger charge is -2.09. The maximum atomic E-state index is 10.5. The second-order valence-corrected chi connectivity index (χ2v) is 2.84. The molecule has 0 radical (unpaired) electrons. The summed E-state index contributed by atoms with van der Waals surface area (Å²) in [6.45, 7) is 3.48. The van der Waals surface area contributed by atoms with Crippen LogP contribution in [0.2, 0.25) is 0 Å². The van der Waals surface area contributed by atoms with Crippen molar-refractivity contribution in [2.24, 2.45) is 5.73 Å². The fraction of sp³-hybridized carbons (Fsp3) is 0.100. The molecular formula is C10H11NO3. The topological polar surface area (TPSA) is 83.6 Å². The van der Waals surface area contributed by atoms with Gasteiger partial charge >= 0.3 is 5.97 Å². The van der Waals surface area contributed by atoms with E-state index in [0.717, 1.165) is 0 Å². The van der Waals surface area contributed by atoms with E-state index in [9.17, 15) is 9.90 Å². The third-order valence-corrected chi connectivity index (χ3v) is 1.89. The first-order valence-electron chi connectivity index (χ1n) is 4.00. The number of phenols is 1. The lowest BCUT2D eigenvalue weighted by Crippen LogP contribution is -2.07. The molecule has 0 spiro atoms. The molecule has 0 aliphatic heterocycles. The zero-order valence-electron chi connectivity index (χ0n) is 7.47. The third kappa shape index (κ3) is 1.92. The monoisotopic (exact) mass is 193 g/mol. The summed E-state index contributed by atoms with van der Waals surface area (Å²) < 4.78 is 0. The Hall–Kier alpha value is -1.81. The van der Waals surface area contributed by atoms with Crippen LogP contribution in [0.5, 0.6) is 5.75 Å². The second kappa shape index (κ2) is 3.93. The number of hydrogen-bond donors (Lipinski definition) is 3. The van der Waals surface area contributed by atoms with Gasteiger partial charge in [-0.3, -0.25) is 0 Å². The Labute approximate surface area is 81.3 Å². The lowest BCUT2D eigenvalue weighted by molar-refractivity contribution is 0.0696. The molecule has 0 fully saturated rings. The molecule has 1 aromatic carbocycles. The van der Waals surface area contributed by atoms with Crippen LogP contribution in [0.3, 0.4) is 0 Å². The molecule has 14 heavy (non-hydrogen) atoms. The molecule has 0 saturated heterocycles. The van der Waals surface area contributed by atoms with E-state index in [-0.39, 0.29) is 11.3 Å². The molecule has 1 unspecified atom stereocenters. The molecule has 1 aromatic rings. The highest BCUT2D eigenvalue weighted by molar-refractivity contribution is 5.88. The summed E-state index contributed by atoms with van der Waals surface area (Å²) in [5.41, 5.74) is 6.09. The number of aromatic carboxylic acids is 1. The van der Waals surface area contributed by atoms with E-state index < -0.39 is 12.0 Å². The minimum absolute atomic E-state index is 0.0301. The molecule has 4 heteroatoms. The van der Waals surface area contributed by atoms with Crippen molar-refractivity contribution < 1.29 is 15.0 Å². The molecular weight excluding hydrogens is 182 g/mol. The number of nitrogens with two attached hydrogens (primary N) is 1. The highest BCUT2D eigenvalue weighted by Crippen LogP contribution is 2.24. The zero-order chi connectivity index (χ0) is 10.7. The molecule has 1 atom stereocenters. The quantitative estimate of drug-likeness (QED) is 0.631. The van der Waals surface area contributed by atoms with Crippen molar-refractivity contribution in [1.82, 2.24) is 0 Å². The van der Waals surface area contributed by atoms with E-state index >= 15 is 0 Å². The Balaban J connectivity index is 3.13. The smallest absolute Gasteiger partial charge is 0.335 e. The van der Waals surface area contributed by atoms with Crippen molar-refractivity contribution in [2.45, 2.75) is 6.04 Å². The maximum absolute atomic E-state index is 10.5. The van der Waals surface area contributed by atoms with Crippen LogP contribution in [0.25, 0.3) is 0 Å². The lowest BCUT2D eigenvalue weighted by atomic mass is 10.0. The van der Waals surface area contributed by atoms with Gasteiger partial charge in [0.1, 0.15) is 5.75 Å². The first kappa shape index (κ1) is 10.3. The first-order chi connectivity index (χ1) is 6.56. The number of carbonyl (C=O) groups is 1. The molecule has 0 saturated carbocycles. The summed E-state index contributed by atoms with van der Waals surface area (Å²) in [7, 11) is 0. The van der Waals surface area contributed by atoms with Gasteiger partial charge in [0.25, 0.3) is 0 Å². The Bertz CT molecular complexity index is 374. The van der Waals surface area contributed by atoms with Gasteiger partial charge in [0.05, 0.1) is 11.6 Å². The van der Waals surface area contributed by atoms with Gasteiger partial charge in [0, 0.05) is 5.56 Å². The van der Waals surface area contributed by atoms with Gasteiger partial charge in [-0.25, -0.2) is 4.79 Å². The molecule has 1 rings (SSSR count). The van der Waals surface area contributed by atoms with Gasteiger partial charge in [0.2, 0.25) is 0 Å². The second-order valence-electron chi connectivity index (χ2n) is 2.84. The predicted octanol–water partition coefficient (Wildman–Crippen LogP) is 1.28. The SMILES string of the molecule is C=CC(N)c1ccc(C(=O)O)cc1O. The number of carboxylic acids is 1. The van der Waals surface area contributed by atoms with Crippen LogP contribution >= 0.6 is 0 Å². The van der Waals surface area contributed by atoms with Crippen molar-refractivity contribution >= 4 is 5.97 Å². The minimum Gasteiger partial charge on any atom is -0.508 e. The molecule has 4 N–H and O–H groups in total. The van der Waals surface area contributed by atoms with Gasteiger partial charge < -0.3 is 15.9 Å². The van der Waals surface area contributed by atoms with E-state index in [1.54, 1.807) is 0 Å². The number of carboxylic acid groups (broad SMARTS) is 1. The van der Waals surface area contributed by atoms with Gasteiger partial charge in [-0.05, 0) is 12.1 Å². The van der Waals surface area contributed by atoms with Gasteiger partial charge in [-0.2, -0.15) is 0 Å². The summed E-state index contributed by atoms with van der Waals surface area (Å²) in [5, 5.41) is 18.1. The van der Waals surface area contributed by atoms with Crippen molar-refractivity contribution in [1.29, 1.82) is 0 Å². The minimum atomic E-state index is -1.08. The maximum Gasteiger partial charge on any atom is 0.335 e. The number of benzene rings is 1. The van der Waals surface area contributed by atoms with Crippen molar-refractivity contribution in [3.8, 4) is 5.75 Å². The molecule has 0 amide bonds. The van der Waals surface area contributed by atoms with Crippen molar-refractivity contribution in [3.63, 3.8) is 0 Å². The van der Waals surface area contributed by atoms with Crippen molar-refractivity contribution in [3.05, 3.63) is 42.0 Å². The van der Waals surface area contributed by atoms with Crippen LogP contribution in [0.1, 0.15) is 22.0 Å². The van der Waals surface area contributed by atoms with Crippen LogP contribution in [-0.2, 0) is 0 Å². The Morgan fingerprint density at radius 3 is 2.64 bits per heavy atom. The normalized spacial score (nSPS) is 12.1. The first-order valence-corrected chi connectivity index (χ1v) is 4.00. The fourth-order valence-corrected chi connectivity index (χ4v) is 1.09. The predicted molar refractivity (Wildman–Crippen MR) is 52.2 cm³/mol. The third-order valence-electron chi connectivity index (χ3n) is 1.89. The number of aromatic hydroxyl groups is 1. The highest BCUT2D eigenvalue weighted by atomic mass is 16.4. The van der Waals surface area contributed by atoms with Crippen LogP contribution in [0.4, 0.5) is 0 Å². The van der Waals surface area contributed by atoms with Crippen LogP contribution in [-0.4, -0.2) is 16.2 Å². The average Bonchev–Trinajstić information content (AvgIpc) is 2.16. The largest absolute Gasteiger partial charge is 0.508 e. The molecule has 0 aliphatic carbocycles. The summed E-state index contributed by atoms with van der Waals surface area (Å²) in [4.78, 5) is 10.5. The Kier molecular flexibility index (Phi) is 2.89. The van der Waals surface area contributed by atoms with Gasteiger partial charge in [-0.1, -0.05) is 12.1 Å². The molecule has 0 bridgehead atoms. The highest BCUT2D eigenvalue weighted by Gasteiger charge is 2.10. The van der Waals surface area contributed by atoms with E-state index in [4.69, 9.17) is 10.8 Å². The van der Waals surface area contributed by atoms with E-state index in [2.05, 4.69) is 6.58 Å². The zero-order valence-corrected chi connectivity index (χ0v) is 7.47. The summed E-state index contributed by atoms with van der Waals surface area (Å²) in [6.07, 6.45) is 1.47. The Morgan fingerprint density at radius 1 is 1.57 bits per heavy atom. The van der Waals surface area contributed by atoms with Crippen LogP contribution in [0.15, 0.2) is 30.9 Å². The standard InChI is InChI=1S/C10H11NO3/c1-2-8(11)7-4-3-6(10(13)14)5-9(7)12/h2-5,8,12H,1,11H2,(H,13,14). The Morgan fingerprint density at radius 2 is 2.21 bits per heavy atom. The van der Waals surface area contributed by atoms with E-state index in [1.165, 1.54) is 24.3 Å². The molecule has 4 nitrogen and oxygen atoms in total. The van der Waals surface area contributed by atoms with Gasteiger partial charge in [0.15, 0.2) is 0 Å². The van der Waals surface area contributed by atoms with Crippen molar-refractivity contribution in [2.75, 3.05) is 0 Å². The molecule has 74 valence electrons.